The summed E-state index contributed by atoms with van der Waals surface area (Å²) in [5.74, 6) is 0.137. The SMILES string of the molecule is O=C(c1c[nH]c2ccccc12)C(Nc1cccc(N2CCCC2=O)c1)c1ccccc1. The molecule has 3 aromatic carbocycles. The maximum atomic E-state index is 13.7. The minimum absolute atomic E-state index is 0.00805. The van der Waals surface area contributed by atoms with Crippen LogP contribution in [0.1, 0.15) is 34.8 Å². The normalized spacial score (nSPS) is 14.7. The first-order chi connectivity index (χ1) is 15.2. The van der Waals surface area contributed by atoms with Gasteiger partial charge < -0.3 is 15.2 Å². The number of para-hydroxylation sites is 1. The summed E-state index contributed by atoms with van der Waals surface area (Å²) in [6.45, 7) is 0.735. The largest absolute Gasteiger partial charge is 0.371 e. The predicted molar refractivity (Wildman–Crippen MR) is 123 cm³/mol. The number of anilines is 2. The van der Waals surface area contributed by atoms with Crippen molar-refractivity contribution in [1.29, 1.82) is 0 Å². The fourth-order valence-corrected chi connectivity index (χ4v) is 4.23. The lowest BCUT2D eigenvalue weighted by atomic mass is 9.96. The lowest BCUT2D eigenvalue weighted by molar-refractivity contribution is -0.117. The van der Waals surface area contributed by atoms with Crippen LogP contribution in [0.15, 0.2) is 85.1 Å². The average molecular weight is 409 g/mol. The first kappa shape index (κ1) is 19.1. The Morgan fingerprint density at radius 2 is 1.77 bits per heavy atom. The molecule has 0 bridgehead atoms. The van der Waals surface area contributed by atoms with Crippen molar-refractivity contribution in [1.82, 2.24) is 4.98 Å². The minimum atomic E-state index is -0.551. The first-order valence-electron chi connectivity index (χ1n) is 10.5. The third-order valence-electron chi connectivity index (χ3n) is 5.79. The van der Waals surface area contributed by atoms with Gasteiger partial charge in [0, 0.05) is 47.0 Å². The summed E-state index contributed by atoms with van der Waals surface area (Å²) in [6, 6.07) is 24.7. The van der Waals surface area contributed by atoms with Gasteiger partial charge in [-0.05, 0) is 36.2 Å². The van der Waals surface area contributed by atoms with Crippen molar-refractivity contribution in [3.8, 4) is 0 Å². The highest BCUT2D eigenvalue weighted by molar-refractivity contribution is 6.11. The second kappa shape index (κ2) is 8.11. The van der Waals surface area contributed by atoms with Gasteiger partial charge in [-0.15, -0.1) is 0 Å². The highest BCUT2D eigenvalue weighted by Gasteiger charge is 2.25. The lowest BCUT2D eigenvalue weighted by Gasteiger charge is -2.21. The Hall–Kier alpha value is -3.86. The molecular formula is C26H23N3O2. The van der Waals surface area contributed by atoms with E-state index >= 15 is 0 Å². The van der Waals surface area contributed by atoms with Gasteiger partial charge in [0.2, 0.25) is 5.91 Å². The number of carbonyl (C=O) groups excluding carboxylic acids is 2. The molecule has 5 rings (SSSR count). The summed E-state index contributed by atoms with van der Waals surface area (Å²) in [5, 5.41) is 4.33. The molecule has 1 fully saturated rings. The summed E-state index contributed by atoms with van der Waals surface area (Å²) in [6.07, 6.45) is 3.25. The molecule has 154 valence electrons. The van der Waals surface area contributed by atoms with Crippen molar-refractivity contribution >= 4 is 34.0 Å². The highest BCUT2D eigenvalue weighted by atomic mass is 16.2. The summed E-state index contributed by atoms with van der Waals surface area (Å²) in [7, 11) is 0. The van der Waals surface area contributed by atoms with Gasteiger partial charge in [-0.1, -0.05) is 54.6 Å². The number of amides is 1. The summed E-state index contributed by atoms with van der Waals surface area (Å²) < 4.78 is 0. The van der Waals surface area contributed by atoms with Gasteiger partial charge in [0.15, 0.2) is 5.78 Å². The molecule has 1 aliphatic rings. The molecule has 1 amide bonds. The van der Waals surface area contributed by atoms with Crippen molar-refractivity contribution in [2.75, 3.05) is 16.8 Å². The fourth-order valence-electron chi connectivity index (χ4n) is 4.23. The topological polar surface area (TPSA) is 65.2 Å². The number of Topliss-reactive ketones (excluding diaryl/α,β-unsaturated/α-hetero) is 1. The Labute approximate surface area is 180 Å². The Morgan fingerprint density at radius 1 is 0.968 bits per heavy atom. The van der Waals surface area contributed by atoms with E-state index in [1.165, 1.54) is 0 Å². The van der Waals surface area contributed by atoms with Crippen LogP contribution in [0.5, 0.6) is 0 Å². The minimum Gasteiger partial charge on any atom is -0.371 e. The number of hydrogen-bond donors (Lipinski definition) is 2. The summed E-state index contributed by atoms with van der Waals surface area (Å²) in [4.78, 5) is 30.8. The predicted octanol–water partition coefficient (Wildman–Crippen LogP) is 5.33. The molecule has 1 saturated heterocycles. The second-order valence-corrected chi connectivity index (χ2v) is 7.80. The molecule has 0 aliphatic carbocycles. The zero-order valence-electron chi connectivity index (χ0n) is 17.0. The van der Waals surface area contributed by atoms with Gasteiger partial charge >= 0.3 is 0 Å². The van der Waals surface area contributed by atoms with E-state index in [-0.39, 0.29) is 11.7 Å². The molecule has 0 spiro atoms. The molecular weight excluding hydrogens is 386 g/mol. The van der Waals surface area contributed by atoms with Gasteiger partial charge in [0.05, 0.1) is 0 Å². The standard InChI is InChI=1S/C26H23N3O2/c30-24-14-7-15-29(24)20-11-6-10-19(16-20)28-25(18-8-2-1-3-9-18)26(31)22-17-27-23-13-5-4-12-21(22)23/h1-6,8-13,16-17,25,27-28H,7,14-15H2. The molecule has 1 atom stereocenters. The number of ketones is 1. The van der Waals surface area contributed by atoms with Crippen LogP contribution in [0.2, 0.25) is 0 Å². The maximum absolute atomic E-state index is 13.7. The number of nitrogens with one attached hydrogen (secondary N) is 2. The molecule has 5 heteroatoms. The number of H-pyrrole nitrogens is 1. The number of fused-ring (bicyclic) bond motifs is 1. The number of aromatic amines is 1. The van der Waals surface area contributed by atoms with Crippen LogP contribution in [-0.4, -0.2) is 23.2 Å². The summed E-state index contributed by atoms with van der Waals surface area (Å²) >= 11 is 0. The third-order valence-corrected chi connectivity index (χ3v) is 5.79. The van der Waals surface area contributed by atoms with E-state index in [1.54, 1.807) is 6.20 Å². The Balaban J connectivity index is 1.51. The van der Waals surface area contributed by atoms with Gasteiger partial charge in [0.1, 0.15) is 6.04 Å². The van der Waals surface area contributed by atoms with E-state index in [0.717, 1.165) is 40.8 Å². The molecule has 1 aromatic heterocycles. The summed E-state index contributed by atoms with van der Waals surface area (Å²) in [5.41, 5.74) is 4.15. The van der Waals surface area contributed by atoms with Crippen LogP contribution in [0.4, 0.5) is 11.4 Å². The van der Waals surface area contributed by atoms with Gasteiger partial charge in [-0.25, -0.2) is 0 Å². The molecule has 2 N–H and O–H groups in total. The molecule has 2 heterocycles. The van der Waals surface area contributed by atoms with Crippen molar-refractivity contribution < 1.29 is 9.59 Å². The number of carbonyl (C=O) groups is 2. The van der Waals surface area contributed by atoms with Crippen molar-refractivity contribution in [2.24, 2.45) is 0 Å². The molecule has 1 unspecified atom stereocenters. The van der Waals surface area contributed by atoms with E-state index in [9.17, 15) is 9.59 Å². The average Bonchev–Trinajstić information content (AvgIpc) is 3.44. The molecule has 1 aliphatic heterocycles. The molecule has 4 aromatic rings. The fraction of sp³-hybridized carbons (Fsp3) is 0.154. The van der Waals surface area contributed by atoms with Gasteiger partial charge in [-0.2, -0.15) is 0 Å². The quantitative estimate of drug-likeness (QED) is 0.423. The van der Waals surface area contributed by atoms with E-state index in [1.807, 2.05) is 83.8 Å². The molecule has 0 saturated carbocycles. The van der Waals surface area contributed by atoms with E-state index in [2.05, 4.69) is 10.3 Å². The van der Waals surface area contributed by atoms with Crippen molar-refractivity contribution in [2.45, 2.75) is 18.9 Å². The van der Waals surface area contributed by atoms with Crippen LogP contribution < -0.4 is 10.2 Å². The number of nitrogens with zero attached hydrogens (tertiary/aromatic N) is 1. The lowest BCUT2D eigenvalue weighted by Crippen LogP contribution is -2.24. The third kappa shape index (κ3) is 3.70. The van der Waals surface area contributed by atoms with E-state index < -0.39 is 6.04 Å². The zero-order chi connectivity index (χ0) is 21.2. The van der Waals surface area contributed by atoms with Crippen molar-refractivity contribution in [3.63, 3.8) is 0 Å². The zero-order valence-corrected chi connectivity index (χ0v) is 17.0. The van der Waals surface area contributed by atoms with E-state index in [0.29, 0.717) is 12.0 Å². The van der Waals surface area contributed by atoms with Crippen LogP contribution in [0.3, 0.4) is 0 Å². The van der Waals surface area contributed by atoms with Gasteiger partial charge in [-0.3, -0.25) is 9.59 Å². The molecule has 31 heavy (non-hydrogen) atoms. The molecule has 0 radical (unpaired) electrons. The van der Waals surface area contributed by atoms with E-state index in [4.69, 9.17) is 0 Å². The molecule has 5 nitrogen and oxygen atoms in total. The highest BCUT2D eigenvalue weighted by Crippen LogP contribution is 2.30. The Bertz CT molecular complexity index is 1250. The number of benzene rings is 3. The monoisotopic (exact) mass is 409 g/mol. The Kier molecular flexibility index (Phi) is 5.00. The van der Waals surface area contributed by atoms with Crippen LogP contribution in [0.25, 0.3) is 10.9 Å². The Morgan fingerprint density at radius 3 is 2.58 bits per heavy atom. The van der Waals surface area contributed by atoms with Crippen LogP contribution >= 0.6 is 0 Å². The number of aromatic nitrogens is 1. The smallest absolute Gasteiger partial charge is 0.227 e. The number of rotatable bonds is 6. The van der Waals surface area contributed by atoms with Gasteiger partial charge in [0.25, 0.3) is 0 Å². The number of hydrogen-bond acceptors (Lipinski definition) is 3. The first-order valence-corrected chi connectivity index (χ1v) is 10.5. The van der Waals surface area contributed by atoms with Crippen LogP contribution in [0, 0.1) is 0 Å². The maximum Gasteiger partial charge on any atom is 0.227 e. The second-order valence-electron chi connectivity index (χ2n) is 7.80. The van der Waals surface area contributed by atoms with Crippen molar-refractivity contribution in [3.05, 3.63) is 96.2 Å². The van der Waals surface area contributed by atoms with Crippen LogP contribution in [-0.2, 0) is 4.79 Å².